The molecule has 1 fully saturated rings. The van der Waals surface area contributed by atoms with E-state index in [0.717, 1.165) is 18.4 Å². The van der Waals surface area contributed by atoms with Gasteiger partial charge < -0.3 is 10.4 Å². The van der Waals surface area contributed by atoms with Gasteiger partial charge in [-0.15, -0.1) is 0 Å². The summed E-state index contributed by atoms with van der Waals surface area (Å²) in [6.45, 7) is 1.82. The van der Waals surface area contributed by atoms with Gasteiger partial charge in [0, 0.05) is 11.6 Å². The molecular weight excluding hydrogens is 226 g/mol. The van der Waals surface area contributed by atoms with Crippen molar-refractivity contribution in [1.82, 2.24) is 5.32 Å². The predicted octanol–water partition coefficient (Wildman–Crippen LogP) is 3.15. The van der Waals surface area contributed by atoms with E-state index in [2.05, 4.69) is 5.32 Å². The summed E-state index contributed by atoms with van der Waals surface area (Å²) in [5.74, 6) is 0.112. The van der Waals surface area contributed by atoms with Crippen LogP contribution in [0.1, 0.15) is 54.4 Å². The molecule has 3 nitrogen and oxygen atoms in total. The molecule has 1 aromatic carbocycles. The minimum Gasteiger partial charge on any atom is -0.508 e. The number of phenols is 1. The zero-order valence-corrected chi connectivity index (χ0v) is 10.9. The van der Waals surface area contributed by atoms with Crippen LogP contribution in [0.4, 0.5) is 0 Å². The van der Waals surface area contributed by atoms with E-state index >= 15 is 0 Å². The van der Waals surface area contributed by atoms with Gasteiger partial charge in [0.25, 0.3) is 5.91 Å². The van der Waals surface area contributed by atoms with E-state index in [9.17, 15) is 9.90 Å². The molecule has 18 heavy (non-hydrogen) atoms. The van der Waals surface area contributed by atoms with Crippen molar-refractivity contribution in [3.8, 4) is 5.75 Å². The lowest BCUT2D eigenvalue weighted by Gasteiger charge is -2.16. The molecule has 1 aliphatic carbocycles. The molecule has 0 unspecified atom stereocenters. The van der Waals surface area contributed by atoms with Gasteiger partial charge in [-0.05, 0) is 37.5 Å². The lowest BCUT2D eigenvalue weighted by Crippen LogP contribution is -2.34. The first-order valence-corrected chi connectivity index (χ1v) is 6.77. The monoisotopic (exact) mass is 247 g/mol. The van der Waals surface area contributed by atoms with Gasteiger partial charge in [-0.1, -0.05) is 31.7 Å². The van der Waals surface area contributed by atoms with Crippen LogP contribution in [0.25, 0.3) is 0 Å². The maximum Gasteiger partial charge on any atom is 0.251 e. The van der Waals surface area contributed by atoms with Crippen LogP contribution in [0.15, 0.2) is 18.2 Å². The van der Waals surface area contributed by atoms with Crippen molar-refractivity contribution in [2.45, 2.75) is 51.5 Å². The molecule has 2 N–H and O–H groups in total. The number of nitrogens with one attached hydrogen (secondary N) is 1. The first kappa shape index (κ1) is 12.9. The first-order chi connectivity index (χ1) is 8.66. The smallest absolute Gasteiger partial charge is 0.251 e. The lowest BCUT2D eigenvalue weighted by molar-refractivity contribution is 0.0933. The van der Waals surface area contributed by atoms with Gasteiger partial charge in [-0.2, -0.15) is 0 Å². The van der Waals surface area contributed by atoms with Gasteiger partial charge in [0.2, 0.25) is 0 Å². The number of benzene rings is 1. The normalized spacial score (nSPS) is 17.2. The van der Waals surface area contributed by atoms with Crippen LogP contribution in [0.5, 0.6) is 5.75 Å². The molecule has 1 amide bonds. The Morgan fingerprint density at radius 3 is 2.50 bits per heavy atom. The number of aryl methyl sites for hydroxylation is 1. The van der Waals surface area contributed by atoms with Crippen molar-refractivity contribution in [2.75, 3.05) is 0 Å². The summed E-state index contributed by atoms with van der Waals surface area (Å²) in [5.41, 5.74) is 1.34. The molecule has 98 valence electrons. The molecule has 0 aliphatic heterocycles. The van der Waals surface area contributed by atoms with Crippen LogP contribution in [0.2, 0.25) is 0 Å². The number of amides is 1. The van der Waals surface area contributed by atoms with Crippen molar-refractivity contribution in [1.29, 1.82) is 0 Å². The van der Waals surface area contributed by atoms with Gasteiger partial charge in [-0.3, -0.25) is 4.79 Å². The van der Waals surface area contributed by atoms with E-state index in [0.29, 0.717) is 11.6 Å². The topological polar surface area (TPSA) is 49.3 Å². The highest BCUT2D eigenvalue weighted by Crippen LogP contribution is 2.20. The quantitative estimate of drug-likeness (QED) is 0.789. The van der Waals surface area contributed by atoms with Crippen molar-refractivity contribution in [3.63, 3.8) is 0 Å². The van der Waals surface area contributed by atoms with Crippen molar-refractivity contribution in [3.05, 3.63) is 29.3 Å². The van der Waals surface area contributed by atoms with Crippen LogP contribution in [-0.4, -0.2) is 17.1 Å². The van der Waals surface area contributed by atoms with Crippen LogP contribution < -0.4 is 5.32 Å². The Balaban J connectivity index is 1.99. The van der Waals surface area contributed by atoms with Crippen LogP contribution in [0.3, 0.4) is 0 Å². The van der Waals surface area contributed by atoms with E-state index in [-0.39, 0.29) is 11.7 Å². The van der Waals surface area contributed by atoms with Crippen LogP contribution in [-0.2, 0) is 0 Å². The van der Waals surface area contributed by atoms with Gasteiger partial charge in [0.05, 0.1) is 0 Å². The maximum absolute atomic E-state index is 12.1. The minimum absolute atomic E-state index is 0.0720. The van der Waals surface area contributed by atoms with Crippen molar-refractivity contribution in [2.24, 2.45) is 0 Å². The molecular formula is C15H21NO2. The molecule has 0 bridgehead atoms. The van der Waals surface area contributed by atoms with Crippen LogP contribution in [0, 0.1) is 6.92 Å². The Labute approximate surface area is 108 Å². The largest absolute Gasteiger partial charge is 0.508 e. The molecule has 3 heteroatoms. The van der Waals surface area contributed by atoms with E-state index in [4.69, 9.17) is 0 Å². The summed E-state index contributed by atoms with van der Waals surface area (Å²) >= 11 is 0. The van der Waals surface area contributed by atoms with Gasteiger partial charge in [-0.25, -0.2) is 0 Å². The third-order valence-electron chi connectivity index (χ3n) is 3.66. The summed E-state index contributed by atoms with van der Waals surface area (Å²) in [7, 11) is 0. The van der Waals surface area contributed by atoms with E-state index in [1.54, 1.807) is 18.2 Å². The molecule has 0 atom stereocenters. The molecule has 0 heterocycles. The standard InChI is InChI=1S/C15H21NO2/c1-11-8-9-12(10-14(11)17)15(18)16-13-6-4-2-3-5-7-13/h8-10,13,17H,2-7H2,1H3,(H,16,18). The zero-order valence-electron chi connectivity index (χ0n) is 10.9. The van der Waals surface area contributed by atoms with E-state index < -0.39 is 0 Å². The highest BCUT2D eigenvalue weighted by atomic mass is 16.3. The third kappa shape index (κ3) is 3.25. The number of carbonyl (C=O) groups excluding carboxylic acids is 1. The third-order valence-corrected chi connectivity index (χ3v) is 3.66. The Hall–Kier alpha value is -1.51. The number of phenolic OH excluding ortho intramolecular Hbond substituents is 1. The van der Waals surface area contributed by atoms with E-state index in [1.165, 1.54) is 25.7 Å². The molecule has 1 aromatic rings. The highest BCUT2D eigenvalue weighted by molar-refractivity contribution is 5.94. The average molecular weight is 247 g/mol. The van der Waals surface area contributed by atoms with Gasteiger partial charge in [0.1, 0.15) is 5.75 Å². The molecule has 1 aliphatic rings. The fourth-order valence-corrected chi connectivity index (χ4v) is 2.44. The van der Waals surface area contributed by atoms with Crippen molar-refractivity contribution >= 4 is 5.91 Å². The second-order valence-corrected chi connectivity index (χ2v) is 5.16. The molecule has 1 saturated carbocycles. The Kier molecular flexibility index (Phi) is 4.24. The number of rotatable bonds is 2. The summed E-state index contributed by atoms with van der Waals surface area (Å²) in [4.78, 5) is 12.1. The fraction of sp³-hybridized carbons (Fsp3) is 0.533. The maximum atomic E-state index is 12.1. The number of carbonyl (C=O) groups is 1. The molecule has 0 saturated heterocycles. The molecule has 2 rings (SSSR count). The van der Waals surface area contributed by atoms with Gasteiger partial charge >= 0.3 is 0 Å². The first-order valence-electron chi connectivity index (χ1n) is 6.77. The number of aromatic hydroxyl groups is 1. The second kappa shape index (κ2) is 5.89. The second-order valence-electron chi connectivity index (χ2n) is 5.16. The number of hydrogen-bond acceptors (Lipinski definition) is 2. The Morgan fingerprint density at radius 2 is 1.89 bits per heavy atom. The SMILES string of the molecule is Cc1ccc(C(=O)NC2CCCCCC2)cc1O. The lowest BCUT2D eigenvalue weighted by atomic mass is 10.1. The fourth-order valence-electron chi connectivity index (χ4n) is 2.44. The molecule has 0 spiro atoms. The number of hydrogen-bond donors (Lipinski definition) is 2. The summed E-state index contributed by atoms with van der Waals surface area (Å²) in [5, 5.41) is 12.7. The Bertz CT molecular complexity index is 421. The van der Waals surface area contributed by atoms with Crippen LogP contribution >= 0.6 is 0 Å². The Morgan fingerprint density at radius 1 is 1.22 bits per heavy atom. The van der Waals surface area contributed by atoms with E-state index in [1.807, 2.05) is 6.92 Å². The highest BCUT2D eigenvalue weighted by Gasteiger charge is 2.16. The summed E-state index contributed by atoms with van der Waals surface area (Å²) in [6, 6.07) is 5.38. The average Bonchev–Trinajstić information content (AvgIpc) is 2.61. The molecule has 0 radical (unpaired) electrons. The van der Waals surface area contributed by atoms with Gasteiger partial charge in [0.15, 0.2) is 0 Å². The summed E-state index contributed by atoms with van der Waals surface area (Å²) in [6.07, 6.45) is 7.09. The predicted molar refractivity (Wildman–Crippen MR) is 71.8 cm³/mol. The summed E-state index contributed by atoms with van der Waals surface area (Å²) < 4.78 is 0. The molecule has 0 aromatic heterocycles. The minimum atomic E-state index is -0.0720. The van der Waals surface area contributed by atoms with Crippen molar-refractivity contribution < 1.29 is 9.90 Å². The zero-order chi connectivity index (χ0) is 13.0.